The number of rotatable bonds is 4. The second-order valence-corrected chi connectivity index (χ2v) is 8.28. The Hall–Kier alpha value is -2.62. The lowest BCUT2D eigenvalue weighted by atomic mass is 10.1. The molecule has 0 saturated carbocycles. The highest BCUT2D eigenvalue weighted by molar-refractivity contribution is 5.68. The van der Waals surface area contributed by atoms with E-state index in [0.717, 1.165) is 38.1 Å². The van der Waals surface area contributed by atoms with Crippen molar-refractivity contribution >= 4 is 6.09 Å². The first-order valence-electron chi connectivity index (χ1n) is 9.72. The SMILES string of the molecule is CC(C)(C)OC(=O)NC1CCN(Cc2nc(-c3ccc(C(F)(F)F)cc3)no2)CC1. The molecule has 7 nitrogen and oxygen atoms in total. The number of ether oxygens (including phenoxy) is 1. The molecule has 0 aliphatic carbocycles. The van der Waals surface area contributed by atoms with E-state index in [1.54, 1.807) is 0 Å². The van der Waals surface area contributed by atoms with Gasteiger partial charge in [0, 0.05) is 24.7 Å². The maximum atomic E-state index is 12.7. The lowest BCUT2D eigenvalue weighted by Crippen LogP contribution is -2.45. The number of benzene rings is 1. The van der Waals surface area contributed by atoms with E-state index < -0.39 is 23.4 Å². The zero-order valence-corrected chi connectivity index (χ0v) is 17.1. The summed E-state index contributed by atoms with van der Waals surface area (Å²) in [5.74, 6) is 0.642. The van der Waals surface area contributed by atoms with E-state index in [2.05, 4.69) is 20.4 Å². The lowest BCUT2D eigenvalue weighted by molar-refractivity contribution is -0.137. The van der Waals surface area contributed by atoms with Crippen LogP contribution in [0.15, 0.2) is 28.8 Å². The zero-order valence-electron chi connectivity index (χ0n) is 17.1. The molecule has 0 spiro atoms. The number of amides is 1. The Bertz CT molecular complexity index is 851. The highest BCUT2D eigenvalue weighted by atomic mass is 19.4. The molecule has 1 saturated heterocycles. The molecule has 3 rings (SSSR count). The van der Waals surface area contributed by atoms with Crippen LogP contribution in [0, 0.1) is 0 Å². The zero-order chi connectivity index (χ0) is 21.9. The number of piperidine rings is 1. The van der Waals surface area contributed by atoms with Gasteiger partial charge >= 0.3 is 12.3 Å². The summed E-state index contributed by atoms with van der Waals surface area (Å²) in [5, 5.41) is 6.75. The van der Waals surface area contributed by atoms with Crippen molar-refractivity contribution in [1.29, 1.82) is 0 Å². The molecule has 0 unspecified atom stereocenters. The first-order valence-corrected chi connectivity index (χ1v) is 9.72. The Morgan fingerprint density at radius 3 is 2.40 bits per heavy atom. The molecule has 1 fully saturated rings. The molecule has 1 aromatic carbocycles. The third-order valence-corrected chi connectivity index (χ3v) is 4.61. The maximum absolute atomic E-state index is 12.7. The first kappa shape index (κ1) is 22.1. The smallest absolute Gasteiger partial charge is 0.416 e. The van der Waals surface area contributed by atoms with Crippen LogP contribution in [0.1, 0.15) is 45.1 Å². The topological polar surface area (TPSA) is 80.5 Å². The molecule has 10 heteroatoms. The molecule has 0 atom stereocenters. The third-order valence-electron chi connectivity index (χ3n) is 4.61. The van der Waals surface area contributed by atoms with E-state index in [-0.39, 0.29) is 11.9 Å². The monoisotopic (exact) mass is 426 g/mol. The van der Waals surface area contributed by atoms with Crippen molar-refractivity contribution in [2.45, 2.75) is 58.0 Å². The molecule has 2 aromatic rings. The number of hydrogen-bond acceptors (Lipinski definition) is 6. The Morgan fingerprint density at radius 2 is 1.83 bits per heavy atom. The van der Waals surface area contributed by atoms with Gasteiger partial charge in [-0.25, -0.2) is 4.79 Å². The van der Waals surface area contributed by atoms with Gasteiger partial charge in [-0.3, -0.25) is 4.90 Å². The van der Waals surface area contributed by atoms with E-state index >= 15 is 0 Å². The number of halogens is 3. The summed E-state index contributed by atoms with van der Waals surface area (Å²) >= 11 is 0. The minimum atomic E-state index is -4.38. The molecule has 1 aromatic heterocycles. The molecule has 1 aliphatic heterocycles. The highest BCUT2D eigenvalue weighted by Gasteiger charge is 2.30. The number of likely N-dealkylation sites (tertiary alicyclic amines) is 1. The molecule has 0 radical (unpaired) electrons. The normalized spacial score (nSPS) is 16.5. The quantitative estimate of drug-likeness (QED) is 0.788. The van der Waals surface area contributed by atoms with Crippen LogP contribution in [0.25, 0.3) is 11.4 Å². The summed E-state index contributed by atoms with van der Waals surface area (Å²) < 4.78 is 48.5. The van der Waals surface area contributed by atoms with Crippen molar-refractivity contribution in [3.63, 3.8) is 0 Å². The molecule has 164 valence electrons. The van der Waals surface area contributed by atoms with Crippen LogP contribution in [-0.4, -0.2) is 45.9 Å². The molecule has 2 heterocycles. The van der Waals surface area contributed by atoms with Crippen molar-refractivity contribution < 1.29 is 27.2 Å². The summed E-state index contributed by atoms with van der Waals surface area (Å²) in [6.07, 6.45) is -3.28. The van der Waals surface area contributed by atoms with Crippen LogP contribution >= 0.6 is 0 Å². The number of aromatic nitrogens is 2. The Labute approximate surface area is 172 Å². The predicted octanol–water partition coefficient (Wildman–Crippen LogP) is 4.24. The third kappa shape index (κ3) is 6.19. The fourth-order valence-corrected chi connectivity index (χ4v) is 3.15. The van der Waals surface area contributed by atoms with Crippen molar-refractivity contribution in [3.05, 3.63) is 35.7 Å². The largest absolute Gasteiger partial charge is 0.444 e. The Kier molecular flexibility index (Phi) is 6.35. The predicted molar refractivity (Wildman–Crippen MR) is 102 cm³/mol. The number of carbonyl (C=O) groups is 1. The molecular weight excluding hydrogens is 401 g/mol. The molecular formula is C20H25F3N4O3. The van der Waals surface area contributed by atoms with Crippen molar-refractivity contribution in [1.82, 2.24) is 20.4 Å². The Morgan fingerprint density at radius 1 is 1.20 bits per heavy atom. The second kappa shape index (κ2) is 8.63. The molecule has 30 heavy (non-hydrogen) atoms. The molecule has 1 N–H and O–H groups in total. The standard InChI is InChI=1S/C20H25F3N4O3/c1-19(2,3)29-18(28)24-15-8-10-27(11-9-15)12-16-25-17(26-30-16)13-4-6-14(7-5-13)20(21,22)23/h4-7,15H,8-12H2,1-3H3,(H,24,28). The number of carbonyl (C=O) groups excluding carboxylic acids is 1. The van der Waals surface area contributed by atoms with Gasteiger partial charge in [0.05, 0.1) is 12.1 Å². The van der Waals surface area contributed by atoms with Crippen LogP contribution < -0.4 is 5.32 Å². The second-order valence-electron chi connectivity index (χ2n) is 8.28. The highest BCUT2D eigenvalue weighted by Crippen LogP contribution is 2.30. The van der Waals surface area contributed by atoms with Gasteiger partial charge in [0.25, 0.3) is 0 Å². The minimum Gasteiger partial charge on any atom is -0.444 e. The average Bonchev–Trinajstić information content (AvgIpc) is 3.10. The van der Waals surface area contributed by atoms with E-state index in [1.165, 1.54) is 12.1 Å². The van der Waals surface area contributed by atoms with Gasteiger partial charge in [-0.05, 0) is 45.7 Å². The number of hydrogen-bond donors (Lipinski definition) is 1. The first-order chi connectivity index (χ1) is 14.0. The van der Waals surface area contributed by atoms with Crippen LogP contribution in [0.4, 0.5) is 18.0 Å². The average molecular weight is 426 g/mol. The van der Waals surface area contributed by atoms with Crippen LogP contribution in [0.3, 0.4) is 0 Å². The van der Waals surface area contributed by atoms with Crippen molar-refractivity contribution in [2.75, 3.05) is 13.1 Å². The van der Waals surface area contributed by atoms with Gasteiger partial charge in [0.2, 0.25) is 11.7 Å². The molecule has 1 aliphatic rings. The summed E-state index contributed by atoms with van der Waals surface area (Å²) in [7, 11) is 0. The van der Waals surface area contributed by atoms with Gasteiger partial charge in [-0.1, -0.05) is 17.3 Å². The Balaban J connectivity index is 1.50. The van der Waals surface area contributed by atoms with E-state index in [4.69, 9.17) is 9.26 Å². The summed E-state index contributed by atoms with van der Waals surface area (Å²) in [6, 6.07) is 4.68. The molecule has 0 bridgehead atoms. The fraction of sp³-hybridized carbons (Fsp3) is 0.550. The summed E-state index contributed by atoms with van der Waals surface area (Å²) in [6.45, 7) is 7.36. The fourth-order valence-electron chi connectivity index (χ4n) is 3.15. The van der Waals surface area contributed by atoms with E-state index in [0.29, 0.717) is 18.0 Å². The van der Waals surface area contributed by atoms with Gasteiger partial charge in [-0.15, -0.1) is 0 Å². The number of nitrogens with zero attached hydrogens (tertiary/aromatic N) is 3. The van der Waals surface area contributed by atoms with E-state index in [9.17, 15) is 18.0 Å². The number of nitrogens with one attached hydrogen (secondary N) is 1. The van der Waals surface area contributed by atoms with Gasteiger partial charge < -0.3 is 14.6 Å². The summed E-state index contributed by atoms with van der Waals surface area (Å²) in [4.78, 5) is 18.3. The minimum absolute atomic E-state index is 0.0430. The number of alkyl halides is 3. The van der Waals surface area contributed by atoms with Gasteiger partial charge in [0.15, 0.2) is 0 Å². The van der Waals surface area contributed by atoms with Crippen molar-refractivity contribution in [3.8, 4) is 11.4 Å². The van der Waals surface area contributed by atoms with Gasteiger partial charge in [0.1, 0.15) is 5.60 Å². The van der Waals surface area contributed by atoms with Crippen molar-refractivity contribution in [2.24, 2.45) is 0 Å². The molecule has 1 amide bonds. The van der Waals surface area contributed by atoms with Crippen LogP contribution in [0.2, 0.25) is 0 Å². The van der Waals surface area contributed by atoms with Crippen LogP contribution in [0.5, 0.6) is 0 Å². The van der Waals surface area contributed by atoms with E-state index in [1.807, 2.05) is 20.8 Å². The lowest BCUT2D eigenvalue weighted by Gasteiger charge is -2.31. The maximum Gasteiger partial charge on any atom is 0.416 e. The number of alkyl carbamates (subject to hydrolysis) is 1. The summed E-state index contributed by atoms with van der Waals surface area (Å²) in [5.41, 5.74) is -0.802. The van der Waals surface area contributed by atoms with Crippen LogP contribution in [-0.2, 0) is 17.5 Å². The van der Waals surface area contributed by atoms with Gasteiger partial charge in [-0.2, -0.15) is 18.2 Å².